The van der Waals surface area contributed by atoms with Gasteiger partial charge in [0.25, 0.3) is 0 Å². The number of piperidine rings is 1. The van der Waals surface area contributed by atoms with Crippen LogP contribution in [0, 0.1) is 17.6 Å². The van der Waals surface area contributed by atoms with E-state index in [4.69, 9.17) is 12.2 Å². The van der Waals surface area contributed by atoms with Gasteiger partial charge in [0, 0.05) is 25.2 Å². The molecule has 0 saturated carbocycles. The monoisotopic (exact) mass is 399 g/mol. The van der Waals surface area contributed by atoms with E-state index >= 15 is 0 Å². The summed E-state index contributed by atoms with van der Waals surface area (Å²) in [7, 11) is 0. The lowest BCUT2D eigenvalue weighted by Gasteiger charge is -2.34. The number of aromatic amines is 1. The quantitative estimate of drug-likeness (QED) is 0.754. The molecule has 0 unspecified atom stereocenters. The summed E-state index contributed by atoms with van der Waals surface area (Å²) >= 11 is 5.50. The van der Waals surface area contributed by atoms with E-state index in [9.17, 15) is 0 Å². The second kappa shape index (κ2) is 9.33. The molecule has 3 heterocycles. The van der Waals surface area contributed by atoms with Crippen LogP contribution in [0.25, 0.3) is 11.4 Å². The fourth-order valence-corrected chi connectivity index (χ4v) is 4.68. The molecular formula is C22H33N5S. The Balaban J connectivity index is 1.30. The zero-order valence-corrected chi connectivity index (χ0v) is 17.9. The molecule has 1 aromatic heterocycles. The molecule has 2 saturated heterocycles. The van der Waals surface area contributed by atoms with Crippen LogP contribution < -0.4 is 0 Å². The first kappa shape index (κ1) is 19.8. The molecule has 28 heavy (non-hydrogen) atoms. The van der Waals surface area contributed by atoms with Crippen molar-refractivity contribution in [3.05, 3.63) is 34.6 Å². The molecule has 0 atom stereocenters. The lowest BCUT2D eigenvalue weighted by atomic mass is 9.96. The number of nitrogens with one attached hydrogen (secondary N) is 1. The number of hydrogen-bond donors (Lipinski definition) is 1. The molecule has 0 spiro atoms. The molecular weight excluding hydrogens is 366 g/mol. The Hall–Kier alpha value is -1.50. The molecule has 5 nitrogen and oxygen atoms in total. The molecule has 1 aromatic carbocycles. The van der Waals surface area contributed by atoms with E-state index in [1.54, 1.807) is 0 Å². The van der Waals surface area contributed by atoms with Crippen molar-refractivity contribution in [3.8, 4) is 11.4 Å². The normalized spacial score (nSPS) is 20.3. The Morgan fingerprint density at radius 3 is 2.32 bits per heavy atom. The molecule has 2 aliphatic rings. The summed E-state index contributed by atoms with van der Waals surface area (Å²) in [5.74, 6) is 1.72. The summed E-state index contributed by atoms with van der Waals surface area (Å²) in [6.45, 7) is 9.14. The van der Waals surface area contributed by atoms with Gasteiger partial charge in [-0.05, 0) is 63.8 Å². The Labute approximate surface area is 173 Å². The van der Waals surface area contributed by atoms with Crippen molar-refractivity contribution in [1.29, 1.82) is 0 Å². The second-order valence-electron chi connectivity index (χ2n) is 8.57. The fraction of sp³-hybridized carbons (Fsp3) is 0.636. The number of rotatable bonds is 5. The molecule has 0 amide bonds. The largest absolute Gasteiger partial charge is 0.303 e. The minimum Gasteiger partial charge on any atom is -0.303 e. The molecule has 0 bridgehead atoms. The SMILES string of the molecule is Cc1ccc(-c2nc(=S)n(CN3CCC(CN4CCCCCC4)CC3)[nH]2)cc1. The van der Waals surface area contributed by atoms with Gasteiger partial charge < -0.3 is 4.90 Å². The van der Waals surface area contributed by atoms with Crippen LogP contribution in [0.1, 0.15) is 44.1 Å². The van der Waals surface area contributed by atoms with E-state index < -0.39 is 0 Å². The minimum atomic E-state index is 0.641. The van der Waals surface area contributed by atoms with Gasteiger partial charge >= 0.3 is 0 Å². The first-order chi connectivity index (χ1) is 13.7. The van der Waals surface area contributed by atoms with Crippen LogP contribution in [0.4, 0.5) is 0 Å². The molecule has 1 N–H and O–H groups in total. The zero-order valence-electron chi connectivity index (χ0n) is 17.1. The predicted octanol–water partition coefficient (Wildman–Crippen LogP) is 4.46. The number of nitrogens with zero attached hydrogens (tertiary/aromatic N) is 4. The van der Waals surface area contributed by atoms with Gasteiger partial charge in [0.2, 0.25) is 4.77 Å². The van der Waals surface area contributed by atoms with Crippen LogP contribution in [0.5, 0.6) is 0 Å². The molecule has 4 rings (SSSR count). The van der Waals surface area contributed by atoms with Crippen LogP contribution in [-0.2, 0) is 6.67 Å². The summed E-state index contributed by atoms with van der Waals surface area (Å²) in [6.07, 6.45) is 8.21. The fourth-order valence-electron chi connectivity index (χ4n) is 4.49. The Morgan fingerprint density at radius 2 is 1.64 bits per heavy atom. The first-order valence-corrected chi connectivity index (χ1v) is 11.3. The van der Waals surface area contributed by atoms with Crippen LogP contribution in [0.2, 0.25) is 0 Å². The topological polar surface area (TPSA) is 40.1 Å². The molecule has 0 aliphatic carbocycles. The van der Waals surface area contributed by atoms with E-state index in [0.29, 0.717) is 4.77 Å². The van der Waals surface area contributed by atoms with Crippen molar-refractivity contribution < 1.29 is 0 Å². The highest BCUT2D eigenvalue weighted by Crippen LogP contribution is 2.21. The van der Waals surface area contributed by atoms with Gasteiger partial charge in [0.05, 0.1) is 6.67 Å². The van der Waals surface area contributed by atoms with Gasteiger partial charge in [0.15, 0.2) is 5.82 Å². The highest BCUT2D eigenvalue weighted by atomic mass is 32.1. The third-order valence-corrected chi connectivity index (χ3v) is 6.58. The molecule has 0 radical (unpaired) electrons. The summed E-state index contributed by atoms with van der Waals surface area (Å²) in [5.41, 5.74) is 2.34. The molecule has 2 fully saturated rings. The highest BCUT2D eigenvalue weighted by Gasteiger charge is 2.22. The third-order valence-electron chi connectivity index (χ3n) is 6.27. The van der Waals surface area contributed by atoms with Gasteiger partial charge in [-0.15, -0.1) is 0 Å². The predicted molar refractivity (Wildman–Crippen MR) is 117 cm³/mol. The first-order valence-electron chi connectivity index (χ1n) is 10.9. The molecule has 2 aliphatic heterocycles. The van der Waals surface area contributed by atoms with Crippen molar-refractivity contribution >= 4 is 12.2 Å². The average molecular weight is 400 g/mol. The number of benzene rings is 1. The zero-order chi connectivity index (χ0) is 19.3. The lowest BCUT2D eigenvalue weighted by molar-refractivity contribution is 0.116. The van der Waals surface area contributed by atoms with E-state index in [-0.39, 0.29) is 0 Å². The number of aromatic nitrogens is 3. The van der Waals surface area contributed by atoms with Gasteiger partial charge in [-0.25, -0.2) is 4.68 Å². The van der Waals surface area contributed by atoms with Crippen molar-refractivity contribution in [2.45, 2.75) is 52.1 Å². The summed E-state index contributed by atoms with van der Waals surface area (Å²) in [4.78, 5) is 9.79. The van der Waals surface area contributed by atoms with Crippen molar-refractivity contribution in [2.75, 3.05) is 32.7 Å². The van der Waals surface area contributed by atoms with E-state index in [0.717, 1.165) is 37.1 Å². The number of H-pyrrole nitrogens is 1. The van der Waals surface area contributed by atoms with E-state index in [1.165, 1.54) is 63.7 Å². The van der Waals surface area contributed by atoms with E-state index in [2.05, 4.69) is 51.1 Å². The third kappa shape index (κ3) is 5.10. The van der Waals surface area contributed by atoms with Gasteiger partial charge in [-0.2, -0.15) is 4.98 Å². The maximum absolute atomic E-state index is 5.50. The second-order valence-corrected chi connectivity index (χ2v) is 8.93. The number of likely N-dealkylation sites (tertiary alicyclic amines) is 2. The maximum atomic E-state index is 5.50. The maximum Gasteiger partial charge on any atom is 0.217 e. The highest BCUT2D eigenvalue weighted by molar-refractivity contribution is 7.71. The Morgan fingerprint density at radius 1 is 0.964 bits per heavy atom. The summed E-state index contributed by atoms with van der Waals surface area (Å²) < 4.78 is 2.65. The van der Waals surface area contributed by atoms with Gasteiger partial charge in [-0.1, -0.05) is 42.7 Å². The summed E-state index contributed by atoms with van der Waals surface area (Å²) in [5, 5.41) is 3.40. The van der Waals surface area contributed by atoms with E-state index in [1.807, 2.05) is 4.68 Å². The molecule has 2 aromatic rings. The molecule has 6 heteroatoms. The minimum absolute atomic E-state index is 0.641. The van der Waals surface area contributed by atoms with Crippen LogP contribution in [0.15, 0.2) is 24.3 Å². The standard InChI is InChI=1S/C22H33N5S/c1-18-6-8-20(9-7-18)21-23-22(28)27(24-21)17-26-14-10-19(11-15-26)16-25-12-4-2-3-5-13-25/h6-9,19H,2-5,10-17H2,1H3,(H,23,24,28). The number of aryl methyl sites for hydroxylation is 1. The summed E-state index contributed by atoms with van der Waals surface area (Å²) in [6, 6.07) is 8.42. The molecule has 152 valence electrons. The lowest BCUT2D eigenvalue weighted by Crippen LogP contribution is -2.39. The van der Waals surface area contributed by atoms with Crippen molar-refractivity contribution in [1.82, 2.24) is 24.6 Å². The van der Waals surface area contributed by atoms with Gasteiger partial charge in [0.1, 0.15) is 0 Å². The smallest absolute Gasteiger partial charge is 0.217 e. The number of hydrogen-bond acceptors (Lipinski definition) is 4. The average Bonchev–Trinajstić information content (AvgIpc) is 2.90. The van der Waals surface area contributed by atoms with Crippen LogP contribution >= 0.6 is 12.2 Å². The van der Waals surface area contributed by atoms with Crippen molar-refractivity contribution in [3.63, 3.8) is 0 Å². The Bertz CT molecular complexity index is 793. The van der Waals surface area contributed by atoms with Crippen LogP contribution in [-0.4, -0.2) is 57.3 Å². The van der Waals surface area contributed by atoms with Gasteiger partial charge in [-0.3, -0.25) is 10.00 Å². The Kier molecular flexibility index (Phi) is 6.60. The van der Waals surface area contributed by atoms with Crippen LogP contribution in [0.3, 0.4) is 0 Å². The van der Waals surface area contributed by atoms with Crippen molar-refractivity contribution in [2.24, 2.45) is 5.92 Å².